The molecule has 0 aliphatic heterocycles. The normalized spacial score (nSPS) is 11.5. The average molecular weight is 511 g/mol. The van der Waals surface area contributed by atoms with Gasteiger partial charge in [-0.05, 0) is 79.5 Å². The Bertz CT molecular complexity index is 2080. The van der Waals surface area contributed by atoms with Crippen molar-refractivity contribution in [2.45, 2.75) is 0 Å². The molecule has 4 nitrogen and oxygen atoms in total. The fourth-order valence-electron chi connectivity index (χ4n) is 5.64. The fourth-order valence-corrected chi connectivity index (χ4v) is 5.64. The van der Waals surface area contributed by atoms with Crippen molar-refractivity contribution in [1.82, 2.24) is 19.9 Å². The van der Waals surface area contributed by atoms with E-state index in [1.165, 1.54) is 32.3 Å². The van der Waals surface area contributed by atoms with Crippen LogP contribution in [0.1, 0.15) is 0 Å². The van der Waals surface area contributed by atoms with E-state index in [9.17, 15) is 0 Å². The minimum Gasteiger partial charge on any atom is -0.245 e. The Hall–Kier alpha value is -5.48. The highest BCUT2D eigenvalue weighted by Gasteiger charge is 2.15. The first kappa shape index (κ1) is 22.5. The van der Waals surface area contributed by atoms with Crippen molar-refractivity contribution in [1.29, 1.82) is 0 Å². The number of hydrogen-bond acceptors (Lipinski definition) is 4. The van der Waals surface area contributed by atoms with E-state index in [1.54, 1.807) is 12.5 Å². The molecule has 8 rings (SSSR count). The fraction of sp³-hybridized carbons (Fsp3) is 0. The lowest BCUT2D eigenvalue weighted by Gasteiger charge is -2.13. The van der Waals surface area contributed by atoms with Crippen LogP contribution >= 0.6 is 0 Å². The summed E-state index contributed by atoms with van der Waals surface area (Å²) in [5, 5.41) is 9.52. The zero-order chi connectivity index (χ0) is 26.5. The molecule has 8 aromatic rings. The highest BCUT2D eigenvalue weighted by atomic mass is 14.9. The van der Waals surface area contributed by atoms with Gasteiger partial charge >= 0.3 is 0 Å². The van der Waals surface area contributed by atoms with Crippen LogP contribution in [-0.2, 0) is 0 Å². The Morgan fingerprint density at radius 2 is 0.900 bits per heavy atom. The average Bonchev–Trinajstić information content (AvgIpc) is 3.02. The van der Waals surface area contributed by atoms with Gasteiger partial charge in [0.05, 0.1) is 11.4 Å². The molecule has 186 valence electrons. The first-order chi connectivity index (χ1) is 19.8. The number of fused-ring (bicyclic) bond motifs is 4. The third-order valence-corrected chi connectivity index (χ3v) is 7.58. The second kappa shape index (κ2) is 9.07. The number of nitrogens with zero attached hydrogens (tertiary/aromatic N) is 4. The number of hydrogen-bond donors (Lipinski definition) is 0. The van der Waals surface area contributed by atoms with Gasteiger partial charge < -0.3 is 0 Å². The van der Waals surface area contributed by atoms with E-state index in [0.29, 0.717) is 11.5 Å². The molecule has 0 saturated heterocycles. The van der Waals surface area contributed by atoms with Crippen molar-refractivity contribution in [3.8, 4) is 34.0 Å². The second-order valence-electron chi connectivity index (χ2n) is 10.0. The highest BCUT2D eigenvalue weighted by Crippen LogP contribution is 2.36. The Labute approximate surface area is 230 Å². The molecule has 0 unspecified atom stereocenters. The van der Waals surface area contributed by atoms with E-state index >= 15 is 0 Å². The van der Waals surface area contributed by atoms with Crippen molar-refractivity contribution >= 4 is 43.1 Å². The number of aromatic nitrogens is 4. The number of rotatable bonds is 3. The highest BCUT2D eigenvalue weighted by molar-refractivity contribution is 6.06. The minimum atomic E-state index is 0.575. The maximum absolute atomic E-state index is 5.06. The molecule has 0 aliphatic carbocycles. The van der Waals surface area contributed by atoms with Crippen molar-refractivity contribution in [3.05, 3.63) is 134 Å². The van der Waals surface area contributed by atoms with Crippen LogP contribution in [0.5, 0.6) is 0 Å². The largest absolute Gasteiger partial charge is 0.245 e. The second-order valence-corrected chi connectivity index (χ2v) is 10.0. The SMILES string of the molecule is c1ccc2cc3c(-c4cc(-c5cccc6cc7ccccc7cc56)nc(-c5ccncn5)n4)cccc3cc2c1. The van der Waals surface area contributed by atoms with Gasteiger partial charge in [0.15, 0.2) is 5.82 Å². The van der Waals surface area contributed by atoms with Crippen LogP contribution in [0.15, 0.2) is 134 Å². The molecule has 4 heteroatoms. The van der Waals surface area contributed by atoms with Crippen molar-refractivity contribution in [2.75, 3.05) is 0 Å². The lowest BCUT2D eigenvalue weighted by Crippen LogP contribution is -1.98. The van der Waals surface area contributed by atoms with Crippen LogP contribution in [-0.4, -0.2) is 19.9 Å². The first-order valence-corrected chi connectivity index (χ1v) is 13.3. The van der Waals surface area contributed by atoms with Crippen LogP contribution in [0.3, 0.4) is 0 Å². The molecule has 0 fully saturated rings. The van der Waals surface area contributed by atoms with Gasteiger partial charge in [-0.1, -0.05) is 84.9 Å². The molecule has 0 bridgehead atoms. The van der Waals surface area contributed by atoms with Gasteiger partial charge in [0.25, 0.3) is 0 Å². The molecular formula is C36H22N4. The third-order valence-electron chi connectivity index (χ3n) is 7.58. The van der Waals surface area contributed by atoms with Crippen LogP contribution < -0.4 is 0 Å². The molecule has 6 aromatic carbocycles. The Balaban J connectivity index is 1.41. The molecule has 2 aromatic heterocycles. The van der Waals surface area contributed by atoms with Crippen LogP contribution in [0.2, 0.25) is 0 Å². The summed E-state index contributed by atoms with van der Waals surface area (Å²) in [5.74, 6) is 0.575. The van der Waals surface area contributed by atoms with E-state index in [4.69, 9.17) is 9.97 Å². The Kier molecular flexibility index (Phi) is 5.10. The summed E-state index contributed by atoms with van der Waals surface area (Å²) in [6.07, 6.45) is 3.27. The minimum absolute atomic E-state index is 0.575. The zero-order valence-corrected chi connectivity index (χ0v) is 21.5. The zero-order valence-electron chi connectivity index (χ0n) is 21.5. The van der Waals surface area contributed by atoms with Gasteiger partial charge in [-0.15, -0.1) is 0 Å². The van der Waals surface area contributed by atoms with E-state index < -0.39 is 0 Å². The Morgan fingerprint density at radius 1 is 0.400 bits per heavy atom. The van der Waals surface area contributed by atoms with E-state index in [-0.39, 0.29) is 0 Å². The summed E-state index contributed by atoms with van der Waals surface area (Å²) in [7, 11) is 0. The summed E-state index contributed by atoms with van der Waals surface area (Å²) in [5.41, 5.74) is 4.53. The van der Waals surface area contributed by atoms with E-state index in [2.05, 4.69) is 125 Å². The molecular weight excluding hydrogens is 488 g/mol. The molecule has 0 radical (unpaired) electrons. The van der Waals surface area contributed by atoms with E-state index in [0.717, 1.165) is 33.3 Å². The van der Waals surface area contributed by atoms with Gasteiger partial charge in [0, 0.05) is 17.3 Å². The van der Waals surface area contributed by atoms with E-state index in [1.807, 2.05) is 6.07 Å². The molecule has 0 spiro atoms. The maximum Gasteiger partial charge on any atom is 0.179 e. The van der Waals surface area contributed by atoms with Crippen LogP contribution in [0.25, 0.3) is 77.1 Å². The lowest BCUT2D eigenvalue weighted by molar-refractivity contribution is 1.11. The quantitative estimate of drug-likeness (QED) is 0.223. The van der Waals surface area contributed by atoms with Gasteiger partial charge in [-0.25, -0.2) is 19.9 Å². The maximum atomic E-state index is 5.06. The molecule has 0 aliphatic rings. The third kappa shape index (κ3) is 3.77. The number of benzene rings is 6. The summed E-state index contributed by atoms with van der Waals surface area (Å²) >= 11 is 0. The van der Waals surface area contributed by atoms with Crippen LogP contribution in [0.4, 0.5) is 0 Å². The monoisotopic (exact) mass is 510 g/mol. The summed E-state index contributed by atoms with van der Waals surface area (Å²) in [4.78, 5) is 18.7. The van der Waals surface area contributed by atoms with Gasteiger partial charge in [-0.2, -0.15) is 0 Å². The predicted molar refractivity (Wildman–Crippen MR) is 164 cm³/mol. The molecule has 0 amide bonds. The summed E-state index contributed by atoms with van der Waals surface area (Å²) < 4.78 is 0. The molecule has 0 saturated carbocycles. The Morgan fingerprint density at radius 3 is 1.40 bits per heavy atom. The summed E-state index contributed by atoms with van der Waals surface area (Å²) in [6, 6.07) is 42.7. The van der Waals surface area contributed by atoms with Crippen LogP contribution in [0, 0.1) is 0 Å². The molecule has 0 N–H and O–H groups in total. The first-order valence-electron chi connectivity index (χ1n) is 13.3. The molecule has 40 heavy (non-hydrogen) atoms. The van der Waals surface area contributed by atoms with Crippen molar-refractivity contribution in [3.63, 3.8) is 0 Å². The van der Waals surface area contributed by atoms with Crippen molar-refractivity contribution in [2.24, 2.45) is 0 Å². The summed E-state index contributed by atoms with van der Waals surface area (Å²) in [6.45, 7) is 0. The van der Waals surface area contributed by atoms with Crippen molar-refractivity contribution < 1.29 is 0 Å². The standard InChI is InChI=1S/C36H22N4/c1-3-9-25-19-31-27(17-23(25)7-1)11-5-13-29(31)34-21-35(40-36(39-34)33-15-16-37-22-38-33)30-14-6-12-28-18-24-8-2-4-10-26(24)20-32(28)30/h1-22H. The molecule has 0 atom stereocenters. The predicted octanol–water partition coefficient (Wildman–Crippen LogP) is 8.88. The smallest absolute Gasteiger partial charge is 0.179 e. The molecule has 2 heterocycles. The topological polar surface area (TPSA) is 51.6 Å². The van der Waals surface area contributed by atoms with Gasteiger partial charge in [0.2, 0.25) is 0 Å². The van der Waals surface area contributed by atoms with Gasteiger partial charge in [-0.3, -0.25) is 0 Å². The lowest BCUT2D eigenvalue weighted by atomic mass is 9.95. The van der Waals surface area contributed by atoms with Gasteiger partial charge in [0.1, 0.15) is 12.0 Å².